The summed E-state index contributed by atoms with van der Waals surface area (Å²) in [5.41, 5.74) is 0.450. The minimum Gasteiger partial charge on any atom is -0.492 e. The lowest BCUT2D eigenvalue weighted by atomic mass is 10.0. The molecule has 5 nitrogen and oxygen atoms in total. The largest absolute Gasteiger partial charge is 0.492 e. The molecule has 17 heavy (non-hydrogen) atoms. The zero-order valence-corrected chi connectivity index (χ0v) is 9.30. The van der Waals surface area contributed by atoms with Crippen LogP contribution in [0.3, 0.4) is 0 Å². The Kier molecular flexibility index (Phi) is 2.99. The van der Waals surface area contributed by atoms with Crippen LogP contribution < -0.4 is 9.47 Å². The second kappa shape index (κ2) is 4.45. The number of fused-ring (bicyclic) bond motifs is 1. The monoisotopic (exact) mass is 236 g/mol. The van der Waals surface area contributed by atoms with Crippen LogP contribution >= 0.6 is 0 Å². The van der Waals surface area contributed by atoms with Crippen LogP contribution in [-0.2, 0) is 4.79 Å². The Morgan fingerprint density at radius 2 is 2.29 bits per heavy atom. The molecule has 0 fully saturated rings. The number of aliphatic carboxylic acids is 1. The quantitative estimate of drug-likeness (QED) is 0.861. The zero-order valence-electron chi connectivity index (χ0n) is 9.30. The predicted octanol–water partition coefficient (Wildman–Crippen LogP) is 1.50. The van der Waals surface area contributed by atoms with Gasteiger partial charge in [0.15, 0.2) is 11.9 Å². The molecule has 1 atom stereocenters. The molecule has 0 spiro atoms. The van der Waals surface area contributed by atoms with E-state index in [2.05, 4.69) is 0 Å². The summed E-state index contributed by atoms with van der Waals surface area (Å²) in [7, 11) is 0. The molecule has 1 N–H and O–H groups in total. The molecule has 5 heteroatoms. The van der Waals surface area contributed by atoms with Gasteiger partial charge in [-0.15, -0.1) is 0 Å². The highest BCUT2D eigenvalue weighted by atomic mass is 16.5. The normalized spacial score (nSPS) is 15.7. The number of hydrogen-bond donors (Lipinski definition) is 1. The first-order chi connectivity index (χ1) is 8.08. The first kappa shape index (κ1) is 11.4. The van der Waals surface area contributed by atoms with E-state index in [9.17, 15) is 9.59 Å². The third-order valence-electron chi connectivity index (χ3n) is 2.50. The number of carboxylic acid groups (broad SMARTS) is 1. The molecule has 0 aliphatic carbocycles. The second-order valence-electron chi connectivity index (χ2n) is 3.78. The highest BCUT2D eigenvalue weighted by molar-refractivity contribution is 6.00. The first-order valence-electron chi connectivity index (χ1n) is 5.27. The lowest BCUT2D eigenvalue weighted by Gasteiger charge is -2.18. The Bertz CT molecular complexity index is 466. The molecule has 0 amide bonds. The maximum absolute atomic E-state index is 11.6. The van der Waals surface area contributed by atoms with Gasteiger partial charge in [0.05, 0.1) is 12.2 Å². The number of Topliss-reactive ketones (excluding diaryl/α,β-unsaturated/α-hetero) is 1. The van der Waals surface area contributed by atoms with Crippen molar-refractivity contribution in [3.63, 3.8) is 0 Å². The van der Waals surface area contributed by atoms with Crippen LogP contribution in [0.4, 0.5) is 0 Å². The van der Waals surface area contributed by atoms with Crippen molar-refractivity contribution in [2.24, 2.45) is 0 Å². The molecule has 1 heterocycles. The molecule has 0 radical (unpaired) electrons. The van der Waals surface area contributed by atoms with Gasteiger partial charge in [0.2, 0.25) is 0 Å². The van der Waals surface area contributed by atoms with E-state index >= 15 is 0 Å². The van der Waals surface area contributed by atoms with E-state index in [1.807, 2.05) is 0 Å². The summed E-state index contributed by atoms with van der Waals surface area (Å²) in [5, 5.41) is 8.72. The van der Waals surface area contributed by atoms with Crippen molar-refractivity contribution in [2.75, 3.05) is 6.61 Å². The lowest BCUT2D eigenvalue weighted by Crippen LogP contribution is -2.23. The Hall–Kier alpha value is -2.04. The summed E-state index contributed by atoms with van der Waals surface area (Å²) >= 11 is 0. The molecule has 1 aromatic carbocycles. The first-order valence-corrected chi connectivity index (χ1v) is 5.27. The number of benzene rings is 1. The maximum atomic E-state index is 11.6. The van der Waals surface area contributed by atoms with Gasteiger partial charge in [-0.25, -0.2) is 4.79 Å². The molecule has 0 aromatic heterocycles. The van der Waals surface area contributed by atoms with Gasteiger partial charge in [-0.2, -0.15) is 0 Å². The summed E-state index contributed by atoms with van der Waals surface area (Å²) in [6.07, 6.45) is -0.613. The molecule has 2 rings (SSSR count). The smallest absolute Gasteiger partial charge is 0.344 e. The van der Waals surface area contributed by atoms with Gasteiger partial charge >= 0.3 is 5.97 Å². The van der Waals surface area contributed by atoms with Crippen molar-refractivity contribution < 1.29 is 24.2 Å². The minimum absolute atomic E-state index is 0.0142. The van der Waals surface area contributed by atoms with Crippen LogP contribution in [0.15, 0.2) is 18.2 Å². The zero-order chi connectivity index (χ0) is 12.4. The van der Waals surface area contributed by atoms with Gasteiger partial charge in [-0.3, -0.25) is 4.79 Å². The summed E-state index contributed by atoms with van der Waals surface area (Å²) < 4.78 is 10.5. The summed E-state index contributed by atoms with van der Waals surface area (Å²) in [4.78, 5) is 22.2. The Morgan fingerprint density at radius 1 is 1.53 bits per heavy atom. The van der Waals surface area contributed by atoms with Gasteiger partial charge in [0.25, 0.3) is 0 Å². The molecule has 90 valence electrons. The van der Waals surface area contributed by atoms with Crippen LogP contribution in [0.25, 0.3) is 0 Å². The number of ether oxygens (including phenoxy) is 2. The SMILES string of the molecule is CC(Oc1ccc2c(c1)C(=O)CCO2)C(=O)O. The van der Waals surface area contributed by atoms with Gasteiger partial charge in [-0.05, 0) is 25.1 Å². The van der Waals surface area contributed by atoms with E-state index in [-0.39, 0.29) is 5.78 Å². The van der Waals surface area contributed by atoms with Gasteiger partial charge in [-0.1, -0.05) is 0 Å². The van der Waals surface area contributed by atoms with Crippen molar-refractivity contribution in [3.8, 4) is 11.5 Å². The third kappa shape index (κ3) is 2.38. The fraction of sp³-hybridized carbons (Fsp3) is 0.333. The average Bonchev–Trinajstić information content (AvgIpc) is 2.30. The van der Waals surface area contributed by atoms with Crippen LogP contribution in [0.2, 0.25) is 0 Å². The number of carbonyl (C=O) groups is 2. The molecule has 0 saturated carbocycles. The van der Waals surface area contributed by atoms with Crippen molar-refractivity contribution in [3.05, 3.63) is 23.8 Å². The standard InChI is InChI=1S/C12H12O5/c1-7(12(14)15)17-8-2-3-11-9(6-8)10(13)4-5-16-11/h2-3,6-7H,4-5H2,1H3,(H,14,15). The lowest BCUT2D eigenvalue weighted by molar-refractivity contribution is -0.144. The van der Waals surface area contributed by atoms with E-state index in [1.165, 1.54) is 13.0 Å². The van der Waals surface area contributed by atoms with Crippen molar-refractivity contribution in [1.82, 2.24) is 0 Å². The number of rotatable bonds is 3. The van der Waals surface area contributed by atoms with Gasteiger partial charge in [0, 0.05) is 6.42 Å². The topological polar surface area (TPSA) is 72.8 Å². The van der Waals surface area contributed by atoms with Crippen LogP contribution in [-0.4, -0.2) is 29.6 Å². The van der Waals surface area contributed by atoms with E-state index in [0.717, 1.165) is 0 Å². The molecule has 1 unspecified atom stereocenters. The predicted molar refractivity (Wildman–Crippen MR) is 58.6 cm³/mol. The summed E-state index contributed by atoms with van der Waals surface area (Å²) in [5.74, 6) is -0.181. The molecule has 0 bridgehead atoms. The number of ketones is 1. The number of hydrogen-bond acceptors (Lipinski definition) is 4. The minimum atomic E-state index is -1.05. The molecular weight excluding hydrogens is 224 g/mol. The van der Waals surface area contributed by atoms with Crippen LogP contribution in [0.5, 0.6) is 11.5 Å². The molecular formula is C12H12O5. The number of carbonyl (C=O) groups excluding carboxylic acids is 1. The summed E-state index contributed by atoms with van der Waals surface area (Å²) in [6.45, 7) is 1.82. The van der Waals surface area contributed by atoms with Crippen molar-refractivity contribution >= 4 is 11.8 Å². The molecule has 0 saturated heterocycles. The summed E-state index contributed by atoms with van der Waals surface area (Å²) in [6, 6.07) is 4.74. The fourth-order valence-electron chi connectivity index (χ4n) is 1.57. The number of carboxylic acids is 1. The van der Waals surface area contributed by atoms with E-state index < -0.39 is 12.1 Å². The highest BCUT2D eigenvalue weighted by Crippen LogP contribution is 2.28. The highest BCUT2D eigenvalue weighted by Gasteiger charge is 2.20. The van der Waals surface area contributed by atoms with Crippen LogP contribution in [0.1, 0.15) is 23.7 Å². The van der Waals surface area contributed by atoms with Crippen molar-refractivity contribution in [1.29, 1.82) is 0 Å². The van der Waals surface area contributed by atoms with E-state index in [4.69, 9.17) is 14.6 Å². The Morgan fingerprint density at radius 3 is 3.00 bits per heavy atom. The second-order valence-corrected chi connectivity index (χ2v) is 3.78. The maximum Gasteiger partial charge on any atom is 0.344 e. The van der Waals surface area contributed by atoms with E-state index in [0.29, 0.717) is 30.1 Å². The fourth-order valence-corrected chi connectivity index (χ4v) is 1.57. The van der Waals surface area contributed by atoms with Crippen molar-refractivity contribution in [2.45, 2.75) is 19.4 Å². The molecule has 1 aliphatic heterocycles. The third-order valence-corrected chi connectivity index (χ3v) is 2.50. The van der Waals surface area contributed by atoms with Crippen LogP contribution in [0, 0.1) is 0 Å². The van der Waals surface area contributed by atoms with E-state index in [1.54, 1.807) is 12.1 Å². The molecule has 1 aromatic rings. The Labute approximate surface area is 98.0 Å². The average molecular weight is 236 g/mol. The Balaban J connectivity index is 2.23. The van der Waals surface area contributed by atoms with Gasteiger partial charge < -0.3 is 14.6 Å². The molecule has 1 aliphatic rings. The van der Waals surface area contributed by atoms with Gasteiger partial charge in [0.1, 0.15) is 11.5 Å².